The summed E-state index contributed by atoms with van der Waals surface area (Å²) in [5.41, 5.74) is 6.01. The van der Waals surface area contributed by atoms with Crippen LogP contribution in [0.25, 0.3) is 10.9 Å². The molecule has 0 spiro atoms. The number of fused-ring (bicyclic) bond motifs is 1. The molecule has 5 nitrogen and oxygen atoms in total. The largest absolute Gasteiger partial charge is 0.397 e. The fourth-order valence-electron chi connectivity index (χ4n) is 2.17. The van der Waals surface area contributed by atoms with Crippen molar-refractivity contribution in [3.05, 3.63) is 53.5 Å². The molecule has 0 unspecified atom stereocenters. The molecule has 2 aromatic carbocycles. The molecule has 0 aliphatic rings. The van der Waals surface area contributed by atoms with Crippen molar-refractivity contribution < 1.29 is 34.6 Å². The lowest BCUT2D eigenvalue weighted by atomic mass is 10.2. The molecular weight excluding hydrogens is 371 g/mol. The fraction of sp³-hybridized carbons (Fsp3) is 0. The number of para-hydroxylation sites is 1. The third-order valence-corrected chi connectivity index (χ3v) is 4.60. The van der Waals surface area contributed by atoms with Crippen LogP contribution in [0, 0.1) is 29.1 Å². The van der Waals surface area contributed by atoms with E-state index >= 15 is 0 Å². The van der Waals surface area contributed by atoms with Gasteiger partial charge in [0.15, 0.2) is 0 Å². The average Bonchev–Trinajstić information content (AvgIpc) is 3.02. The van der Waals surface area contributed by atoms with Gasteiger partial charge >= 0.3 is 10.1 Å². The second kappa shape index (κ2) is 5.62. The number of aromatic amines is 1. The van der Waals surface area contributed by atoms with Crippen molar-refractivity contribution in [2.24, 2.45) is 0 Å². The highest BCUT2D eigenvalue weighted by Gasteiger charge is 2.32. The van der Waals surface area contributed by atoms with Crippen LogP contribution < -0.4 is 9.92 Å². The molecule has 0 amide bonds. The minimum absolute atomic E-state index is 0.0175. The summed E-state index contributed by atoms with van der Waals surface area (Å²) in [5.74, 6) is -13.8. The van der Waals surface area contributed by atoms with Gasteiger partial charge in [0, 0.05) is 11.6 Å². The van der Waals surface area contributed by atoms with Crippen LogP contribution in [-0.4, -0.2) is 13.4 Å². The van der Waals surface area contributed by atoms with Gasteiger partial charge in [-0.1, -0.05) is 12.1 Å². The number of nitrogen functional groups attached to an aromatic ring is 1. The van der Waals surface area contributed by atoms with Gasteiger partial charge in [-0.25, -0.2) is 13.2 Å². The van der Waals surface area contributed by atoms with Crippen LogP contribution in [-0.2, 0) is 10.1 Å². The highest BCUT2D eigenvalue weighted by Crippen LogP contribution is 2.33. The van der Waals surface area contributed by atoms with E-state index in [1.54, 1.807) is 0 Å². The van der Waals surface area contributed by atoms with Gasteiger partial charge < -0.3 is 14.9 Å². The summed E-state index contributed by atoms with van der Waals surface area (Å²) in [6.45, 7) is 0. The number of nitrogens with one attached hydrogen (secondary N) is 1. The maximum absolute atomic E-state index is 13.6. The van der Waals surface area contributed by atoms with E-state index in [-0.39, 0.29) is 16.6 Å². The van der Waals surface area contributed by atoms with Crippen LogP contribution in [0.4, 0.5) is 27.6 Å². The summed E-state index contributed by atoms with van der Waals surface area (Å²) in [6.07, 6.45) is 0.919. The predicted octanol–water partition coefficient (Wildman–Crippen LogP) is 3.21. The average molecular weight is 378 g/mol. The summed E-state index contributed by atoms with van der Waals surface area (Å²) in [4.78, 5) is 1.95. The number of hydrogen-bond acceptors (Lipinski definition) is 4. The Morgan fingerprint density at radius 2 is 1.48 bits per heavy atom. The standard InChI is InChI=1S/C14H7F5N2O3S/c15-8-9(16)11(18)14(12(19)10(8)17)24-25(22,23)7-4-21-13-5(7)2-1-3-6(13)20/h1-4,21H,20H2. The van der Waals surface area contributed by atoms with Crippen LogP contribution >= 0.6 is 0 Å². The van der Waals surface area contributed by atoms with Crippen molar-refractivity contribution in [3.63, 3.8) is 0 Å². The maximum Gasteiger partial charge on any atom is 0.341 e. The van der Waals surface area contributed by atoms with Crippen molar-refractivity contribution in [3.8, 4) is 5.75 Å². The minimum Gasteiger partial charge on any atom is -0.397 e. The molecule has 3 aromatic rings. The number of aromatic nitrogens is 1. The highest BCUT2D eigenvalue weighted by atomic mass is 32.2. The molecule has 25 heavy (non-hydrogen) atoms. The molecule has 132 valence electrons. The van der Waals surface area contributed by atoms with E-state index in [2.05, 4.69) is 9.17 Å². The van der Waals surface area contributed by atoms with Crippen LogP contribution in [0.15, 0.2) is 29.3 Å². The quantitative estimate of drug-likeness (QED) is 0.241. The Bertz CT molecular complexity index is 1080. The zero-order valence-electron chi connectivity index (χ0n) is 11.9. The summed E-state index contributed by atoms with van der Waals surface area (Å²) in [7, 11) is -4.93. The van der Waals surface area contributed by atoms with Crippen LogP contribution in [0.3, 0.4) is 0 Å². The molecule has 0 saturated heterocycles. The van der Waals surface area contributed by atoms with Gasteiger partial charge in [-0.15, -0.1) is 0 Å². The summed E-state index contributed by atoms with van der Waals surface area (Å²) < 4.78 is 95.2. The summed E-state index contributed by atoms with van der Waals surface area (Å²) >= 11 is 0. The molecule has 11 heteroatoms. The molecule has 0 saturated carbocycles. The molecule has 0 atom stereocenters. The monoisotopic (exact) mass is 378 g/mol. The van der Waals surface area contributed by atoms with Crippen molar-refractivity contribution in [2.45, 2.75) is 4.90 Å². The smallest absolute Gasteiger partial charge is 0.341 e. The summed E-state index contributed by atoms with van der Waals surface area (Å²) in [5, 5.41) is 0.0175. The van der Waals surface area contributed by atoms with Crippen molar-refractivity contribution in [1.82, 2.24) is 4.98 Å². The lowest BCUT2D eigenvalue weighted by molar-refractivity contribution is 0.347. The third-order valence-electron chi connectivity index (χ3n) is 3.34. The zero-order valence-corrected chi connectivity index (χ0v) is 12.7. The molecule has 0 aliphatic carbocycles. The van der Waals surface area contributed by atoms with E-state index in [1.165, 1.54) is 18.2 Å². The normalized spacial score (nSPS) is 11.9. The molecule has 1 heterocycles. The SMILES string of the molecule is Nc1cccc2c(S(=O)(=O)Oc3c(F)c(F)c(F)c(F)c3F)c[nH]c12. The van der Waals surface area contributed by atoms with Gasteiger partial charge in [-0.3, -0.25) is 0 Å². The first-order chi connectivity index (χ1) is 11.6. The Morgan fingerprint density at radius 1 is 0.920 bits per heavy atom. The fourth-order valence-corrected chi connectivity index (χ4v) is 3.27. The number of anilines is 1. The molecule has 0 fully saturated rings. The van der Waals surface area contributed by atoms with Gasteiger partial charge in [0.05, 0.1) is 11.2 Å². The summed E-state index contributed by atoms with van der Waals surface area (Å²) in [6, 6.07) is 4.18. The van der Waals surface area contributed by atoms with Gasteiger partial charge in [0.25, 0.3) is 0 Å². The van der Waals surface area contributed by atoms with Crippen molar-refractivity contribution in [1.29, 1.82) is 0 Å². The van der Waals surface area contributed by atoms with E-state index in [0.717, 1.165) is 6.20 Å². The Balaban J connectivity index is 2.16. The van der Waals surface area contributed by atoms with Gasteiger partial charge in [-0.2, -0.15) is 17.2 Å². The second-order valence-electron chi connectivity index (χ2n) is 4.86. The number of nitrogens with two attached hydrogens (primary N) is 1. The minimum atomic E-state index is -4.93. The van der Waals surface area contributed by atoms with Crippen LogP contribution in [0.5, 0.6) is 5.75 Å². The van der Waals surface area contributed by atoms with Gasteiger partial charge in [0.1, 0.15) is 4.90 Å². The van der Waals surface area contributed by atoms with E-state index in [4.69, 9.17) is 5.73 Å². The Labute approximate surface area is 136 Å². The van der Waals surface area contributed by atoms with Crippen LogP contribution in [0.1, 0.15) is 0 Å². The van der Waals surface area contributed by atoms with E-state index in [0.29, 0.717) is 0 Å². The number of H-pyrrole nitrogens is 1. The van der Waals surface area contributed by atoms with Gasteiger partial charge in [-0.05, 0) is 6.07 Å². The first-order valence-corrected chi connectivity index (χ1v) is 7.87. The molecule has 3 rings (SSSR count). The second-order valence-corrected chi connectivity index (χ2v) is 6.37. The lowest BCUT2D eigenvalue weighted by Crippen LogP contribution is -2.14. The topological polar surface area (TPSA) is 85.2 Å². The van der Waals surface area contributed by atoms with Gasteiger partial charge in [0.2, 0.25) is 34.8 Å². The predicted molar refractivity (Wildman–Crippen MR) is 76.8 cm³/mol. The zero-order chi connectivity index (χ0) is 18.5. The molecule has 0 bridgehead atoms. The number of benzene rings is 2. The maximum atomic E-state index is 13.6. The number of rotatable bonds is 3. The Kier molecular flexibility index (Phi) is 3.82. The third kappa shape index (κ3) is 2.56. The Morgan fingerprint density at radius 3 is 2.08 bits per heavy atom. The first-order valence-electron chi connectivity index (χ1n) is 6.46. The van der Waals surface area contributed by atoms with Crippen molar-refractivity contribution in [2.75, 3.05) is 5.73 Å². The van der Waals surface area contributed by atoms with Crippen molar-refractivity contribution >= 4 is 26.7 Å². The molecule has 0 aliphatic heterocycles. The number of hydrogen-bond donors (Lipinski definition) is 2. The first kappa shape index (κ1) is 17.0. The highest BCUT2D eigenvalue weighted by molar-refractivity contribution is 7.87. The lowest BCUT2D eigenvalue weighted by Gasteiger charge is -2.10. The molecular formula is C14H7F5N2O3S. The van der Waals surface area contributed by atoms with E-state index < -0.39 is 49.8 Å². The van der Waals surface area contributed by atoms with E-state index in [9.17, 15) is 30.4 Å². The number of halogens is 5. The Hall–Kier alpha value is -2.82. The molecule has 0 radical (unpaired) electrons. The van der Waals surface area contributed by atoms with Crippen LogP contribution in [0.2, 0.25) is 0 Å². The van der Waals surface area contributed by atoms with E-state index in [1.807, 2.05) is 0 Å². The molecule has 1 aromatic heterocycles. The molecule has 3 N–H and O–H groups in total.